The van der Waals surface area contributed by atoms with Crippen molar-refractivity contribution in [3.05, 3.63) is 88.2 Å². The Balaban J connectivity index is 2.09. The van der Waals surface area contributed by atoms with Crippen molar-refractivity contribution in [3.8, 4) is 5.75 Å². The predicted octanol–water partition coefficient (Wildman–Crippen LogP) is 6.06. The Hall–Kier alpha value is -3.34. The highest BCUT2D eigenvalue weighted by atomic mass is 35.5. The van der Waals surface area contributed by atoms with Gasteiger partial charge in [-0.1, -0.05) is 43.1 Å². The Morgan fingerprint density at radius 3 is 2.12 bits per heavy atom. The van der Waals surface area contributed by atoms with Crippen molar-refractivity contribution < 1.29 is 27.1 Å². The third-order valence-electron chi connectivity index (χ3n) is 6.44. The molecular weight excluding hydrogens is 604 g/mol. The first-order valence-corrected chi connectivity index (χ1v) is 15.7. The topological polar surface area (TPSA) is 96.0 Å². The summed E-state index contributed by atoms with van der Waals surface area (Å²) in [5.41, 5.74) is 0.597. The standard InChI is InChI=1S/C30H34Cl2FN3O5S/c1-4-18-34-30(38)28(5-2)35(19-25-26(31)8-7-9-27(25)32)29(37)20-36(22-12-14-23(15-13-22)41-6-3)42(39,40)24-16-10-21(33)11-17-24/h7-17,28H,4-6,18-20H2,1-3H3,(H,34,38). The second-order valence-corrected chi connectivity index (χ2v) is 12.0. The molecule has 0 spiro atoms. The molecular formula is C30H34Cl2FN3O5S. The van der Waals surface area contributed by atoms with Crippen LogP contribution in [0.1, 0.15) is 39.2 Å². The molecule has 0 aliphatic carbocycles. The van der Waals surface area contributed by atoms with E-state index in [1.165, 1.54) is 17.0 Å². The Morgan fingerprint density at radius 1 is 0.952 bits per heavy atom. The molecule has 0 saturated heterocycles. The van der Waals surface area contributed by atoms with Crippen LogP contribution in [0.25, 0.3) is 0 Å². The summed E-state index contributed by atoms with van der Waals surface area (Å²) in [6.45, 7) is 5.50. The zero-order valence-corrected chi connectivity index (χ0v) is 26.0. The lowest BCUT2D eigenvalue weighted by Crippen LogP contribution is -2.52. The SMILES string of the molecule is CCCNC(=O)C(CC)N(Cc1c(Cl)cccc1Cl)C(=O)CN(c1ccc(OCC)cc1)S(=O)(=O)c1ccc(F)cc1. The van der Waals surface area contributed by atoms with E-state index in [2.05, 4.69) is 5.32 Å². The van der Waals surface area contributed by atoms with Crippen LogP contribution >= 0.6 is 23.2 Å². The molecule has 0 heterocycles. The highest BCUT2D eigenvalue weighted by Gasteiger charge is 2.34. The number of carbonyl (C=O) groups is 2. The quantitative estimate of drug-likeness (QED) is 0.232. The molecule has 0 bridgehead atoms. The lowest BCUT2D eigenvalue weighted by atomic mass is 10.1. The Kier molecular flexibility index (Phi) is 12.0. The fraction of sp³-hybridized carbons (Fsp3) is 0.333. The maximum absolute atomic E-state index is 14.1. The molecule has 0 aliphatic heterocycles. The summed E-state index contributed by atoms with van der Waals surface area (Å²) in [5, 5.41) is 3.41. The summed E-state index contributed by atoms with van der Waals surface area (Å²) < 4.78 is 47.8. The lowest BCUT2D eigenvalue weighted by Gasteiger charge is -2.33. The number of nitrogens with one attached hydrogen (secondary N) is 1. The van der Waals surface area contributed by atoms with Crippen molar-refractivity contribution >= 4 is 50.7 Å². The maximum atomic E-state index is 14.1. The summed E-state index contributed by atoms with van der Waals surface area (Å²) >= 11 is 12.9. The number of rotatable bonds is 14. The number of nitrogens with zero attached hydrogens (tertiary/aromatic N) is 2. The summed E-state index contributed by atoms with van der Waals surface area (Å²) in [7, 11) is -4.35. The van der Waals surface area contributed by atoms with E-state index in [1.54, 1.807) is 37.3 Å². The van der Waals surface area contributed by atoms with Crippen molar-refractivity contribution in [3.63, 3.8) is 0 Å². The van der Waals surface area contributed by atoms with Crippen molar-refractivity contribution in [2.75, 3.05) is 24.0 Å². The third kappa shape index (κ3) is 8.14. The van der Waals surface area contributed by atoms with Crippen LogP contribution in [0.3, 0.4) is 0 Å². The number of hydrogen-bond donors (Lipinski definition) is 1. The molecule has 0 fully saturated rings. The van der Waals surface area contributed by atoms with E-state index in [1.807, 2.05) is 13.8 Å². The second-order valence-electron chi connectivity index (χ2n) is 9.33. The number of ether oxygens (including phenoxy) is 1. The molecule has 1 atom stereocenters. The minimum absolute atomic E-state index is 0.136. The molecule has 226 valence electrons. The zero-order chi connectivity index (χ0) is 30.9. The maximum Gasteiger partial charge on any atom is 0.264 e. The Labute approximate surface area is 256 Å². The molecule has 0 aliphatic rings. The van der Waals surface area contributed by atoms with Gasteiger partial charge in [-0.25, -0.2) is 12.8 Å². The first-order valence-electron chi connectivity index (χ1n) is 13.5. The van der Waals surface area contributed by atoms with Gasteiger partial charge in [-0.2, -0.15) is 0 Å². The molecule has 0 saturated carbocycles. The fourth-order valence-electron chi connectivity index (χ4n) is 4.28. The number of anilines is 1. The number of carbonyl (C=O) groups excluding carboxylic acids is 2. The van der Waals surface area contributed by atoms with Gasteiger partial charge in [0, 0.05) is 28.7 Å². The minimum atomic E-state index is -4.35. The van der Waals surface area contributed by atoms with E-state index in [4.69, 9.17) is 27.9 Å². The van der Waals surface area contributed by atoms with Crippen LogP contribution in [0.2, 0.25) is 10.0 Å². The van der Waals surface area contributed by atoms with Gasteiger partial charge in [-0.15, -0.1) is 0 Å². The highest BCUT2D eigenvalue weighted by Crippen LogP contribution is 2.29. The van der Waals surface area contributed by atoms with Gasteiger partial charge in [0.1, 0.15) is 24.2 Å². The average molecular weight is 639 g/mol. The Bertz CT molecular complexity index is 1450. The van der Waals surface area contributed by atoms with Gasteiger partial charge in [0.2, 0.25) is 11.8 Å². The van der Waals surface area contributed by atoms with Crippen LogP contribution in [-0.4, -0.2) is 50.9 Å². The fourth-order valence-corrected chi connectivity index (χ4v) is 6.21. The largest absolute Gasteiger partial charge is 0.494 e. The normalized spacial score (nSPS) is 12.0. The molecule has 3 aromatic carbocycles. The van der Waals surface area contributed by atoms with Crippen molar-refractivity contribution in [1.82, 2.24) is 10.2 Å². The van der Waals surface area contributed by atoms with Gasteiger partial charge in [-0.05, 0) is 80.4 Å². The smallest absolute Gasteiger partial charge is 0.264 e. The number of sulfonamides is 1. The van der Waals surface area contributed by atoms with Gasteiger partial charge in [0.15, 0.2) is 0 Å². The Morgan fingerprint density at radius 2 is 1.57 bits per heavy atom. The van der Waals surface area contributed by atoms with Crippen molar-refractivity contribution in [2.45, 2.75) is 51.1 Å². The van der Waals surface area contributed by atoms with E-state index in [0.717, 1.165) is 28.6 Å². The van der Waals surface area contributed by atoms with Gasteiger partial charge in [-0.3, -0.25) is 13.9 Å². The van der Waals surface area contributed by atoms with Gasteiger partial charge in [0.25, 0.3) is 10.0 Å². The number of benzene rings is 3. The van der Waals surface area contributed by atoms with Gasteiger partial charge < -0.3 is 15.0 Å². The van der Waals surface area contributed by atoms with Crippen LogP contribution in [-0.2, 0) is 26.2 Å². The molecule has 12 heteroatoms. The first-order chi connectivity index (χ1) is 20.0. The molecule has 8 nitrogen and oxygen atoms in total. The third-order valence-corrected chi connectivity index (χ3v) is 8.94. The van der Waals surface area contributed by atoms with Gasteiger partial charge >= 0.3 is 0 Å². The van der Waals surface area contributed by atoms with Crippen LogP contribution in [0.4, 0.5) is 10.1 Å². The van der Waals surface area contributed by atoms with E-state index in [9.17, 15) is 22.4 Å². The van der Waals surface area contributed by atoms with Gasteiger partial charge in [0.05, 0.1) is 17.2 Å². The van der Waals surface area contributed by atoms with Crippen LogP contribution in [0.5, 0.6) is 5.75 Å². The molecule has 1 N–H and O–H groups in total. The first kappa shape index (κ1) is 33.2. The minimum Gasteiger partial charge on any atom is -0.494 e. The van der Waals surface area contributed by atoms with E-state index >= 15 is 0 Å². The van der Waals surface area contributed by atoms with Crippen LogP contribution in [0, 0.1) is 5.82 Å². The van der Waals surface area contributed by atoms with E-state index in [0.29, 0.717) is 40.9 Å². The van der Waals surface area contributed by atoms with Crippen LogP contribution in [0.15, 0.2) is 71.6 Å². The monoisotopic (exact) mass is 637 g/mol. The summed E-state index contributed by atoms with van der Waals surface area (Å²) in [6, 6.07) is 14.5. The summed E-state index contributed by atoms with van der Waals surface area (Å²) in [5.74, 6) is -1.14. The highest BCUT2D eigenvalue weighted by molar-refractivity contribution is 7.92. The molecule has 3 aromatic rings. The number of amides is 2. The molecule has 1 unspecified atom stereocenters. The zero-order valence-electron chi connectivity index (χ0n) is 23.6. The second kappa shape index (κ2) is 15.2. The summed E-state index contributed by atoms with van der Waals surface area (Å²) in [4.78, 5) is 28.4. The molecule has 0 radical (unpaired) electrons. The van der Waals surface area contributed by atoms with Crippen LogP contribution < -0.4 is 14.4 Å². The molecule has 0 aromatic heterocycles. The average Bonchev–Trinajstić information content (AvgIpc) is 2.97. The number of halogens is 3. The number of hydrogen-bond acceptors (Lipinski definition) is 5. The van der Waals surface area contributed by atoms with E-state index < -0.39 is 34.3 Å². The predicted molar refractivity (Wildman–Crippen MR) is 163 cm³/mol. The molecule has 3 rings (SSSR count). The van der Waals surface area contributed by atoms with Crippen molar-refractivity contribution in [1.29, 1.82) is 0 Å². The van der Waals surface area contributed by atoms with Crippen molar-refractivity contribution in [2.24, 2.45) is 0 Å². The molecule has 42 heavy (non-hydrogen) atoms. The summed E-state index contributed by atoms with van der Waals surface area (Å²) in [6.07, 6.45) is 0.936. The van der Waals surface area contributed by atoms with E-state index in [-0.39, 0.29) is 29.5 Å². The lowest BCUT2D eigenvalue weighted by molar-refractivity contribution is -0.140. The molecule has 2 amide bonds.